The van der Waals surface area contributed by atoms with E-state index < -0.39 is 5.60 Å². The molecule has 8 heteroatoms. The van der Waals surface area contributed by atoms with E-state index in [1.807, 2.05) is 20.0 Å². The van der Waals surface area contributed by atoms with E-state index in [1.165, 1.54) is 28.9 Å². The van der Waals surface area contributed by atoms with Crippen LogP contribution < -0.4 is 21.6 Å². The third-order valence-electron chi connectivity index (χ3n) is 9.85. The Morgan fingerprint density at radius 1 is 1.16 bits per heavy atom. The maximum Gasteiger partial charge on any atom is 0.300 e. The van der Waals surface area contributed by atoms with Crippen molar-refractivity contribution in [1.29, 1.82) is 0 Å². The Balaban J connectivity index is 1.25. The first-order valence-corrected chi connectivity index (χ1v) is 14.8. The maximum atomic E-state index is 13.1. The zero-order chi connectivity index (χ0) is 27.8. The number of aromatic nitrogens is 2. The molecule has 208 valence electrons. The summed E-state index contributed by atoms with van der Waals surface area (Å²) >= 11 is 2.08. The summed E-state index contributed by atoms with van der Waals surface area (Å²) in [6, 6.07) is 0. The first kappa shape index (κ1) is 27.5. The van der Waals surface area contributed by atoms with E-state index in [4.69, 9.17) is 9.73 Å². The van der Waals surface area contributed by atoms with Crippen LogP contribution in [-0.4, -0.2) is 32.2 Å². The van der Waals surface area contributed by atoms with Crippen LogP contribution in [-0.2, 0) is 16.6 Å². The highest BCUT2D eigenvalue weighted by molar-refractivity contribution is 8.04. The van der Waals surface area contributed by atoms with Crippen LogP contribution in [0.4, 0.5) is 0 Å². The summed E-state index contributed by atoms with van der Waals surface area (Å²) in [6.07, 6.45) is 6.48. The van der Waals surface area contributed by atoms with Crippen LogP contribution in [0, 0.1) is 23.7 Å². The van der Waals surface area contributed by atoms with Gasteiger partial charge in [0.15, 0.2) is 11.2 Å². The molecule has 1 amide bonds. The van der Waals surface area contributed by atoms with Gasteiger partial charge in [-0.1, -0.05) is 38.8 Å². The molecule has 0 aromatic carbocycles. The molecule has 3 aliphatic heterocycles. The van der Waals surface area contributed by atoms with Gasteiger partial charge in [-0.25, -0.2) is 10.4 Å². The van der Waals surface area contributed by atoms with Crippen LogP contribution in [0.2, 0.25) is 0 Å². The number of amides is 1. The summed E-state index contributed by atoms with van der Waals surface area (Å²) in [5, 5.41) is 5.61. The molecule has 7 nitrogen and oxygen atoms in total. The number of hydrazine groups is 1. The van der Waals surface area contributed by atoms with Gasteiger partial charge in [0.2, 0.25) is 0 Å². The van der Waals surface area contributed by atoms with E-state index in [9.17, 15) is 4.79 Å². The lowest BCUT2D eigenvalue weighted by Crippen LogP contribution is -2.54. The summed E-state index contributed by atoms with van der Waals surface area (Å²) < 4.78 is 8.38. The number of thioether (sulfide) groups is 1. The first-order chi connectivity index (χ1) is 17.6. The standard InChI is InChI=1S/C30H45N5O2S/c1-17-15-22(31-25-23(17)18(2)34-35(25)10)32-33-26(36)21-11-12-29(8,37-21)16-20-19(3)38-30(9)24(20)27(4,5)13-14-28(30,6)7/h11,22,24,32H,12-16H2,1-10H3,(H,33,36). The average Bonchev–Trinajstić information content (AvgIpc) is 3.43. The number of rotatable bonds is 5. The molecule has 2 N–H and O–H groups in total. The van der Waals surface area contributed by atoms with Crippen LogP contribution in [0.1, 0.15) is 93.2 Å². The van der Waals surface area contributed by atoms with Crippen LogP contribution in [0.5, 0.6) is 0 Å². The topological polar surface area (TPSA) is 80.5 Å². The zero-order valence-corrected chi connectivity index (χ0v) is 25.7. The second kappa shape index (κ2) is 8.98. The van der Waals surface area contributed by atoms with Gasteiger partial charge in [-0.15, -0.1) is 11.8 Å². The SMILES string of the molecule is CC1=C(CC2(C)CC=C(C(=O)NNC3CC(C)=c4c(C)nn(C)c4=N3)O2)C2C(C)(C)CCC(C)(C)C2(C)S1. The Labute approximate surface area is 231 Å². The number of ether oxygens (including phenoxy) is 1. The molecule has 1 saturated carbocycles. The Kier molecular flexibility index (Phi) is 6.50. The summed E-state index contributed by atoms with van der Waals surface area (Å²) in [7, 11) is 1.90. The lowest BCUT2D eigenvalue weighted by molar-refractivity contribution is -0.124. The number of fused-ring (bicyclic) bond motifs is 2. The van der Waals surface area contributed by atoms with E-state index in [0.717, 1.165) is 35.7 Å². The maximum absolute atomic E-state index is 13.1. The quantitative estimate of drug-likeness (QED) is 0.536. The predicted molar refractivity (Wildman–Crippen MR) is 153 cm³/mol. The molecule has 0 radical (unpaired) electrons. The lowest BCUT2D eigenvalue weighted by Gasteiger charge is -2.57. The number of hydrogen-bond acceptors (Lipinski definition) is 6. The highest BCUT2D eigenvalue weighted by atomic mass is 32.2. The zero-order valence-electron chi connectivity index (χ0n) is 24.8. The third-order valence-corrected chi connectivity index (χ3v) is 11.6. The number of nitrogens with zero attached hydrogens (tertiary/aromatic N) is 3. The molecule has 0 bridgehead atoms. The van der Waals surface area contributed by atoms with Crippen LogP contribution >= 0.6 is 11.8 Å². The summed E-state index contributed by atoms with van der Waals surface area (Å²) in [5.74, 6) is 0.643. The van der Waals surface area contributed by atoms with E-state index in [2.05, 4.69) is 83.1 Å². The van der Waals surface area contributed by atoms with Crippen molar-refractivity contribution in [3.63, 3.8) is 0 Å². The molecule has 4 atom stereocenters. The molecule has 4 unspecified atom stereocenters. The van der Waals surface area contributed by atoms with Crippen molar-refractivity contribution in [1.82, 2.24) is 20.6 Å². The highest BCUT2D eigenvalue weighted by Crippen LogP contribution is 2.69. The molecular formula is C30H45N5O2S. The largest absolute Gasteiger partial charge is 0.481 e. The van der Waals surface area contributed by atoms with Crippen LogP contribution in [0.25, 0.3) is 5.57 Å². The predicted octanol–water partition coefficient (Wildman–Crippen LogP) is 4.56. The normalized spacial score (nSPS) is 33.3. The van der Waals surface area contributed by atoms with Crippen LogP contribution in [0.3, 0.4) is 0 Å². The van der Waals surface area contributed by atoms with Gasteiger partial charge in [-0.3, -0.25) is 14.9 Å². The lowest BCUT2D eigenvalue weighted by atomic mass is 9.52. The van der Waals surface area contributed by atoms with Crippen molar-refractivity contribution in [3.05, 3.63) is 38.7 Å². The summed E-state index contributed by atoms with van der Waals surface area (Å²) in [5.41, 5.74) is 10.6. The van der Waals surface area contributed by atoms with Gasteiger partial charge in [-0.05, 0) is 69.3 Å². The molecule has 4 heterocycles. The van der Waals surface area contributed by atoms with Crippen molar-refractivity contribution >= 4 is 23.2 Å². The van der Waals surface area contributed by atoms with Gasteiger partial charge in [0.25, 0.3) is 5.91 Å². The van der Waals surface area contributed by atoms with Gasteiger partial charge < -0.3 is 4.74 Å². The fourth-order valence-corrected chi connectivity index (χ4v) is 9.37. The van der Waals surface area contributed by atoms with Crippen molar-refractivity contribution in [2.45, 2.75) is 111 Å². The van der Waals surface area contributed by atoms with Gasteiger partial charge in [-0.2, -0.15) is 5.10 Å². The first-order valence-electron chi connectivity index (χ1n) is 14.0. The van der Waals surface area contributed by atoms with Gasteiger partial charge >= 0.3 is 0 Å². The molecular weight excluding hydrogens is 494 g/mol. The van der Waals surface area contributed by atoms with Gasteiger partial charge in [0.1, 0.15) is 11.8 Å². The molecule has 4 aliphatic rings. The number of carbonyl (C=O) groups excluding carboxylic acids is 1. The van der Waals surface area contributed by atoms with Crippen molar-refractivity contribution < 1.29 is 9.53 Å². The van der Waals surface area contributed by atoms with Gasteiger partial charge in [0.05, 0.1) is 5.69 Å². The molecule has 1 aliphatic carbocycles. The Morgan fingerprint density at radius 3 is 2.58 bits per heavy atom. The monoisotopic (exact) mass is 539 g/mol. The van der Waals surface area contributed by atoms with E-state index >= 15 is 0 Å². The van der Waals surface area contributed by atoms with E-state index in [1.54, 1.807) is 4.68 Å². The second-order valence-corrected chi connectivity index (χ2v) is 15.4. The molecule has 38 heavy (non-hydrogen) atoms. The molecule has 1 aromatic heterocycles. The molecule has 1 aromatic rings. The van der Waals surface area contributed by atoms with Crippen molar-refractivity contribution in [3.8, 4) is 0 Å². The highest BCUT2D eigenvalue weighted by Gasteiger charge is 2.61. The average molecular weight is 540 g/mol. The Morgan fingerprint density at radius 2 is 1.87 bits per heavy atom. The van der Waals surface area contributed by atoms with Gasteiger partial charge in [0, 0.05) is 42.2 Å². The molecule has 0 spiro atoms. The minimum atomic E-state index is -0.423. The minimum Gasteiger partial charge on any atom is -0.481 e. The number of carbonyl (C=O) groups is 1. The summed E-state index contributed by atoms with van der Waals surface area (Å²) in [6.45, 7) is 20.8. The van der Waals surface area contributed by atoms with Crippen molar-refractivity contribution in [2.24, 2.45) is 28.8 Å². The fourth-order valence-electron chi connectivity index (χ4n) is 7.46. The van der Waals surface area contributed by atoms with Crippen molar-refractivity contribution in [2.75, 3.05) is 0 Å². The van der Waals surface area contributed by atoms with E-state index in [0.29, 0.717) is 11.7 Å². The molecule has 5 rings (SSSR count). The Bertz CT molecular complexity index is 1370. The number of aryl methyl sites for hydroxylation is 2. The number of allylic oxidation sites excluding steroid dienone is 1. The minimum absolute atomic E-state index is 0.172. The summed E-state index contributed by atoms with van der Waals surface area (Å²) in [4.78, 5) is 19.3. The van der Waals surface area contributed by atoms with Crippen LogP contribution in [0.15, 0.2) is 27.3 Å². The number of hydrogen-bond donors (Lipinski definition) is 2. The van der Waals surface area contributed by atoms with E-state index in [-0.39, 0.29) is 27.6 Å². The smallest absolute Gasteiger partial charge is 0.300 e. The molecule has 0 saturated heterocycles. The third kappa shape index (κ3) is 4.36. The fraction of sp³-hybridized carbons (Fsp3) is 0.700. The molecule has 1 fully saturated rings. The Hall–Kier alpha value is -2.06. The number of nitrogens with one attached hydrogen (secondary N) is 2. The second-order valence-electron chi connectivity index (χ2n) is 13.7.